The van der Waals surface area contributed by atoms with E-state index in [-0.39, 0.29) is 35.6 Å². The number of carbonyl (C=O) groups excluding carboxylic acids is 1. The van der Waals surface area contributed by atoms with Gasteiger partial charge in [0.2, 0.25) is 5.91 Å². The second kappa shape index (κ2) is 9.24. The fourth-order valence-electron chi connectivity index (χ4n) is 6.27. The van der Waals surface area contributed by atoms with E-state index in [1.807, 2.05) is 6.07 Å². The zero-order chi connectivity index (χ0) is 20.7. The zero-order valence-corrected chi connectivity index (χ0v) is 19.4. The first-order valence-corrected chi connectivity index (χ1v) is 11.9. The van der Waals surface area contributed by atoms with Gasteiger partial charge in [-0.1, -0.05) is 6.07 Å². The van der Waals surface area contributed by atoms with E-state index in [2.05, 4.69) is 33.4 Å². The van der Waals surface area contributed by atoms with Gasteiger partial charge in [-0.15, -0.1) is 12.4 Å². The van der Waals surface area contributed by atoms with E-state index in [1.54, 1.807) is 6.07 Å². The number of nitrogens with one attached hydrogen (secondary N) is 2. The molecule has 1 aromatic rings. The summed E-state index contributed by atoms with van der Waals surface area (Å²) < 4.78 is 15.1. The third-order valence-corrected chi connectivity index (χ3v) is 8.22. The Morgan fingerprint density at radius 2 is 1.90 bits per heavy atom. The lowest BCUT2D eigenvalue weighted by atomic mass is 9.71. The second-order valence-corrected chi connectivity index (χ2v) is 9.92. The minimum Gasteiger partial charge on any atom is -0.370 e. The number of anilines is 1. The molecule has 31 heavy (non-hydrogen) atoms. The first kappa shape index (κ1) is 22.8. The summed E-state index contributed by atoms with van der Waals surface area (Å²) in [7, 11) is 0. The van der Waals surface area contributed by atoms with E-state index >= 15 is 4.39 Å². The molecular formula is C24H36ClFN4O. The molecule has 4 aliphatic heterocycles. The van der Waals surface area contributed by atoms with Gasteiger partial charge in [-0.3, -0.25) is 9.69 Å². The van der Waals surface area contributed by atoms with Gasteiger partial charge in [0.25, 0.3) is 0 Å². The van der Waals surface area contributed by atoms with Gasteiger partial charge in [0.1, 0.15) is 5.82 Å². The van der Waals surface area contributed by atoms with Crippen LogP contribution in [0.1, 0.15) is 63.5 Å². The Labute approximate surface area is 191 Å². The van der Waals surface area contributed by atoms with Crippen molar-refractivity contribution in [2.45, 2.75) is 70.0 Å². The van der Waals surface area contributed by atoms with Crippen LogP contribution in [0.2, 0.25) is 0 Å². The molecule has 0 saturated carbocycles. The van der Waals surface area contributed by atoms with Crippen LogP contribution in [0.3, 0.4) is 0 Å². The number of halogens is 2. The fourth-order valence-corrected chi connectivity index (χ4v) is 6.27. The highest BCUT2D eigenvalue weighted by atomic mass is 35.5. The van der Waals surface area contributed by atoms with Crippen molar-refractivity contribution in [1.82, 2.24) is 15.5 Å². The van der Waals surface area contributed by atoms with Crippen LogP contribution < -0.4 is 15.5 Å². The SMILES string of the molecule is C[C@H]1CCCN1[C@H]1CCN(c2ccc(C3CCC4(CCNCC4)C(=O)N3)c(F)c2)C1.Cl. The first-order chi connectivity index (χ1) is 14.6. The van der Waals surface area contributed by atoms with Crippen LogP contribution in [0.15, 0.2) is 18.2 Å². The van der Waals surface area contributed by atoms with Crippen LogP contribution in [0, 0.1) is 11.2 Å². The lowest BCUT2D eigenvalue weighted by Crippen LogP contribution is -2.52. The van der Waals surface area contributed by atoms with E-state index in [0.29, 0.717) is 17.6 Å². The summed E-state index contributed by atoms with van der Waals surface area (Å²) in [6, 6.07) is 6.70. The van der Waals surface area contributed by atoms with Crippen LogP contribution in [0.25, 0.3) is 0 Å². The molecule has 0 aliphatic carbocycles. The van der Waals surface area contributed by atoms with Gasteiger partial charge in [0.05, 0.1) is 11.5 Å². The highest BCUT2D eigenvalue weighted by Crippen LogP contribution is 2.41. The Balaban J connectivity index is 0.00000231. The predicted molar refractivity (Wildman–Crippen MR) is 124 cm³/mol. The molecule has 0 radical (unpaired) electrons. The molecule has 7 heteroatoms. The van der Waals surface area contributed by atoms with Crippen LogP contribution in [-0.4, -0.2) is 55.6 Å². The number of nitrogens with zero attached hydrogens (tertiary/aromatic N) is 2. The number of rotatable bonds is 3. The molecule has 1 amide bonds. The summed E-state index contributed by atoms with van der Waals surface area (Å²) in [6.45, 7) is 7.30. The van der Waals surface area contributed by atoms with Gasteiger partial charge in [-0.2, -0.15) is 0 Å². The third-order valence-electron chi connectivity index (χ3n) is 8.22. The maximum atomic E-state index is 15.1. The van der Waals surface area contributed by atoms with Crippen LogP contribution in [-0.2, 0) is 4.79 Å². The maximum Gasteiger partial charge on any atom is 0.226 e. The number of hydrogen-bond donors (Lipinski definition) is 2. The number of amides is 1. The second-order valence-electron chi connectivity index (χ2n) is 9.92. The minimum absolute atomic E-state index is 0. The molecule has 1 unspecified atom stereocenters. The quantitative estimate of drug-likeness (QED) is 0.738. The molecule has 1 aromatic carbocycles. The summed E-state index contributed by atoms with van der Waals surface area (Å²) in [5.41, 5.74) is 1.37. The van der Waals surface area contributed by atoms with Crippen molar-refractivity contribution in [3.05, 3.63) is 29.6 Å². The van der Waals surface area contributed by atoms with Crippen molar-refractivity contribution in [2.75, 3.05) is 37.6 Å². The molecule has 5 nitrogen and oxygen atoms in total. The van der Waals surface area contributed by atoms with E-state index in [4.69, 9.17) is 0 Å². The Kier molecular flexibility index (Phi) is 6.80. The molecule has 1 spiro atoms. The lowest BCUT2D eigenvalue weighted by Gasteiger charge is -2.42. The molecule has 0 aromatic heterocycles. The highest BCUT2D eigenvalue weighted by Gasteiger charge is 2.44. The van der Waals surface area contributed by atoms with Gasteiger partial charge in [-0.25, -0.2) is 4.39 Å². The molecular weight excluding hydrogens is 415 g/mol. The van der Waals surface area contributed by atoms with Gasteiger partial charge in [-0.05, 0) is 83.6 Å². The predicted octanol–water partition coefficient (Wildman–Crippen LogP) is 3.63. The summed E-state index contributed by atoms with van der Waals surface area (Å²) in [6.07, 6.45) is 7.20. The lowest BCUT2D eigenvalue weighted by molar-refractivity contribution is -0.136. The Morgan fingerprint density at radius 1 is 1.10 bits per heavy atom. The number of benzene rings is 1. The summed E-state index contributed by atoms with van der Waals surface area (Å²) in [4.78, 5) is 17.8. The van der Waals surface area contributed by atoms with Crippen LogP contribution >= 0.6 is 12.4 Å². The van der Waals surface area contributed by atoms with Crippen molar-refractivity contribution in [3.8, 4) is 0 Å². The molecule has 0 bridgehead atoms. The molecule has 4 aliphatic rings. The highest BCUT2D eigenvalue weighted by molar-refractivity contribution is 5.85. The van der Waals surface area contributed by atoms with Crippen molar-refractivity contribution >= 4 is 24.0 Å². The normalized spacial score (nSPS) is 31.0. The minimum atomic E-state index is -0.241. The van der Waals surface area contributed by atoms with Gasteiger partial charge in [0, 0.05) is 36.4 Å². The monoisotopic (exact) mass is 450 g/mol. The molecule has 4 fully saturated rings. The third kappa shape index (κ3) is 4.31. The number of likely N-dealkylation sites (tertiary alicyclic amines) is 1. The van der Waals surface area contributed by atoms with Gasteiger partial charge in [0.15, 0.2) is 0 Å². The fraction of sp³-hybridized carbons (Fsp3) is 0.708. The topological polar surface area (TPSA) is 47.6 Å². The van der Waals surface area contributed by atoms with Crippen molar-refractivity contribution in [3.63, 3.8) is 0 Å². The number of hydrogen-bond acceptors (Lipinski definition) is 4. The molecule has 4 heterocycles. The van der Waals surface area contributed by atoms with Crippen LogP contribution in [0.4, 0.5) is 10.1 Å². The molecule has 4 saturated heterocycles. The molecule has 5 rings (SSSR count). The Morgan fingerprint density at radius 3 is 2.58 bits per heavy atom. The van der Waals surface area contributed by atoms with Crippen LogP contribution in [0.5, 0.6) is 0 Å². The average Bonchev–Trinajstić information content (AvgIpc) is 3.40. The van der Waals surface area contributed by atoms with E-state index in [1.165, 1.54) is 19.4 Å². The molecule has 3 atom stereocenters. The first-order valence-electron chi connectivity index (χ1n) is 11.9. The number of piperidine rings is 2. The standard InChI is InChI=1S/C24H35FN4O.ClH/c1-17-3-2-13-29(17)19-7-14-28(16-19)18-4-5-20(21(25)15-18)22-6-8-24(23(30)27-22)9-11-26-12-10-24;/h4-5,15,17,19,22,26H,2-3,6-14,16H2,1H3,(H,27,30);1H/t17-,19-,22?;/m0./s1. The molecule has 172 valence electrons. The van der Waals surface area contributed by atoms with Crippen molar-refractivity contribution in [1.29, 1.82) is 0 Å². The summed E-state index contributed by atoms with van der Waals surface area (Å²) in [5.74, 6) is -0.0668. The van der Waals surface area contributed by atoms with Gasteiger partial charge < -0.3 is 15.5 Å². The number of carbonyl (C=O) groups is 1. The Bertz CT molecular complexity index is 800. The van der Waals surface area contributed by atoms with E-state index in [9.17, 15) is 4.79 Å². The average molecular weight is 451 g/mol. The van der Waals surface area contributed by atoms with E-state index < -0.39 is 0 Å². The maximum absolute atomic E-state index is 15.1. The van der Waals surface area contributed by atoms with E-state index in [0.717, 1.165) is 64.0 Å². The summed E-state index contributed by atoms with van der Waals surface area (Å²) in [5, 5.41) is 6.48. The smallest absolute Gasteiger partial charge is 0.226 e. The zero-order valence-electron chi connectivity index (χ0n) is 18.5. The van der Waals surface area contributed by atoms with Crippen molar-refractivity contribution < 1.29 is 9.18 Å². The molecule has 2 N–H and O–H groups in total. The summed E-state index contributed by atoms with van der Waals surface area (Å²) >= 11 is 0. The van der Waals surface area contributed by atoms with Gasteiger partial charge >= 0.3 is 0 Å². The largest absolute Gasteiger partial charge is 0.370 e. The van der Waals surface area contributed by atoms with Crippen molar-refractivity contribution in [2.24, 2.45) is 5.41 Å². The Hall–Kier alpha value is -1.37.